The first-order valence-electron chi connectivity index (χ1n) is 10.1. The lowest BCUT2D eigenvalue weighted by molar-refractivity contribution is 0.415. The smallest absolute Gasteiger partial charge is 0.189 e. The van der Waals surface area contributed by atoms with Gasteiger partial charge >= 0.3 is 0 Å². The summed E-state index contributed by atoms with van der Waals surface area (Å²) in [5.41, 5.74) is 10.2. The van der Waals surface area contributed by atoms with E-state index in [1.807, 2.05) is 67.6 Å². The largest absolute Gasteiger partial charge is 0.497 e. The first-order chi connectivity index (χ1) is 14.9. The van der Waals surface area contributed by atoms with E-state index in [0.717, 1.165) is 45.9 Å². The number of fused-ring (bicyclic) bond motifs is 1. The Labute approximate surface area is 186 Å². The van der Waals surface area contributed by atoms with Crippen LogP contribution in [0.4, 0.5) is 5.69 Å². The number of nitrogens with zero attached hydrogens (tertiary/aromatic N) is 1. The SMILES string of the molecule is CCCCS(=O)(=O)c1sc2nc(-c3ccc(OC)cc3)cc(-c3ccccc3)c2c1N. The Morgan fingerprint density at radius 3 is 2.39 bits per heavy atom. The van der Waals surface area contributed by atoms with Crippen molar-refractivity contribution in [2.45, 2.75) is 24.0 Å². The first-order valence-corrected chi connectivity index (χ1v) is 12.6. The maximum atomic E-state index is 12.9. The Kier molecular flexibility index (Phi) is 5.98. The highest BCUT2D eigenvalue weighted by molar-refractivity contribution is 7.93. The van der Waals surface area contributed by atoms with E-state index in [2.05, 4.69) is 0 Å². The number of aromatic nitrogens is 1. The van der Waals surface area contributed by atoms with Crippen LogP contribution in [0.15, 0.2) is 64.9 Å². The van der Waals surface area contributed by atoms with Crippen LogP contribution in [-0.2, 0) is 9.84 Å². The molecule has 4 aromatic rings. The van der Waals surface area contributed by atoms with E-state index in [-0.39, 0.29) is 9.96 Å². The number of sulfone groups is 1. The zero-order valence-corrected chi connectivity index (χ0v) is 19.1. The molecule has 2 aromatic carbocycles. The molecular weight excluding hydrogens is 428 g/mol. The summed E-state index contributed by atoms with van der Waals surface area (Å²) in [5, 5.41) is 0.698. The number of pyridine rings is 1. The fourth-order valence-electron chi connectivity index (χ4n) is 3.51. The van der Waals surface area contributed by atoms with Crippen molar-refractivity contribution in [3.63, 3.8) is 0 Å². The summed E-state index contributed by atoms with van der Waals surface area (Å²) in [6, 6.07) is 19.5. The zero-order valence-electron chi connectivity index (χ0n) is 17.5. The van der Waals surface area contributed by atoms with Crippen molar-refractivity contribution in [2.24, 2.45) is 0 Å². The van der Waals surface area contributed by atoms with Gasteiger partial charge in [-0.3, -0.25) is 0 Å². The molecule has 160 valence electrons. The fourth-order valence-corrected chi connectivity index (χ4v) is 6.65. The van der Waals surface area contributed by atoms with E-state index in [9.17, 15) is 8.42 Å². The number of anilines is 1. The maximum absolute atomic E-state index is 12.9. The molecule has 0 bridgehead atoms. The summed E-state index contributed by atoms with van der Waals surface area (Å²) in [7, 11) is -1.84. The number of benzene rings is 2. The van der Waals surface area contributed by atoms with E-state index < -0.39 is 9.84 Å². The number of nitrogen functional groups attached to an aromatic ring is 1. The molecule has 0 spiro atoms. The molecule has 0 aliphatic carbocycles. The Morgan fingerprint density at radius 1 is 1.03 bits per heavy atom. The van der Waals surface area contributed by atoms with Gasteiger partial charge in [-0.2, -0.15) is 0 Å². The van der Waals surface area contributed by atoms with Crippen LogP contribution >= 0.6 is 11.3 Å². The van der Waals surface area contributed by atoms with Gasteiger partial charge in [0.15, 0.2) is 9.84 Å². The Bertz CT molecular complexity index is 1310. The molecule has 5 nitrogen and oxygen atoms in total. The van der Waals surface area contributed by atoms with Gasteiger partial charge in [-0.05, 0) is 47.9 Å². The van der Waals surface area contributed by atoms with Gasteiger partial charge in [0.2, 0.25) is 0 Å². The van der Waals surface area contributed by atoms with E-state index in [0.29, 0.717) is 22.3 Å². The summed E-state index contributed by atoms with van der Waals surface area (Å²) < 4.78 is 31.4. The molecule has 0 saturated carbocycles. The summed E-state index contributed by atoms with van der Waals surface area (Å²) in [4.78, 5) is 5.42. The van der Waals surface area contributed by atoms with Gasteiger partial charge in [-0.25, -0.2) is 13.4 Å². The molecule has 2 heterocycles. The van der Waals surface area contributed by atoms with E-state index in [1.165, 1.54) is 0 Å². The highest BCUT2D eigenvalue weighted by Gasteiger charge is 2.25. The molecule has 0 saturated heterocycles. The minimum Gasteiger partial charge on any atom is -0.497 e. The Hall–Kier alpha value is -2.90. The van der Waals surface area contributed by atoms with Crippen LogP contribution in [-0.4, -0.2) is 26.3 Å². The van der Waals surface area contributed by atoms with Crippen LogP contribution in [0, 0.1) is 0 Å². The monoisotopic (exact) mass is 452 g/mol. The van der Waals surface area contributed by atoms with Gasteiger partial charge in [0.25, 0.3) is 0 Å². The standard InChI is InChI=1S/C24H24N2O3S2/c1-3-4-14-31(27,28)24-22(25)21-19(16-8-6-5-7-9-16)15-20(26-23(21)30-24)17-10-12-18(29-2)13-11-17/h5-13,15H,3-4,14,25H2,1-2H3. The number of hydrogen-bond donors (Lipinski definition) is 1. The van der Waals surface area contributed by atoms with E-state index in [4.69, 9.17) is 15.5 Å². The van der Waals surface area contributed by atoms with Crippen LogP contribution in [0.2, 0.25) is 0 Å². The molecule has 0 unspecified atom stereocenters. The summed E-state index contributed by atoms with van der Waals surface area (Å²) in [5.74, 6) is 0.852. The lowest BCUT2D eigenvalue weighted by atomic mass is 10.00. The molecule has 0 atom stereocenters. The summed E-state index contributed by atoms with van der Waals surface area (Å²) >= 11 is 1.16. The van der Waals surface area contributed by atoms with Crippen LogP contribution in [0.5, 0.6) is 5.75 Å². The summed E-state index contributed by atoms with van der Waals surface area (Å²) in [6.07, 6.45) is 1.41. The Morgan fingerprint density at radius 2 is 1.74 bits per heavy atom. The van der Waals surface area contributed by atoms with Crippen molar-refractivity contribution in [2.75, 3.05) is 18.6 Å². The molecule has 0 aliphatic heterocycles. The third-order valence-corrected chi connectivity index (χ3v) is 8.70. The van der Waals surface area contributed by atoms with Crippen molar-refractivity contribution in [1.29, 1.82) is 0 Å². The second-order valence-corrected chi connectivity index (χ2v) is 10.6. The van der Waals surface area contributed by atoms with Gasteiger partial charge < -0.3 is 10.5 Å². The predicted molar refractivity (Wildman–Crippen MR) is 128 cm³/mol. The van der Waals surface area contributed by atoms with Gasteiger partial charge in [-0.1, -0.05) is 43.7 Å². The highest BCUT2D eigenvalue weighted by Crippen LogP contribution is 2.43. The lowest BCUT2D eigenvalue weighted by Gasteiger charge is -2.09. The summed E-state index contributed by atoms with van der Waals surface area (Å²) in [6.45, 7) is 1.97. The number of methoxy groups -OCH3 is 1. The Balaban J connectivity index is 1.96. The van der Waals surface area contributed by atoms with Crippen LogP contribution in [0.1, 0.15) is 19.8 Å². The van der Waals surface area contributed by atoms with Gasteiger partial charge in [0, 0.05) is 10.9 Å². The molecule has 0 amide bonds. The number of ether oxygens (including phenoxy) is 1. The van der Waals surface area contributed by atoms with Crippen molar-refractivity contribution < 1.29 is 13.2 Å². The molecule has 2 N–H and O–H groups in total. The average molecular weight is 453 g/mol. The zero-order chi connectivity index (χ0) is 22.0. The highest BCUT2D eigenvalue weighted by atomic mass is 32.2. The number of nitrogens with two attached hydrogens (primary N) is 1. The molecule has 0 fully saturated rings. The number of hydrogen-bond acceptors (Lipinski definition) is 6. The van der Waals surface area contributed by atoms with E-state index >= 15 is 0 Å². The predicted octanol–water partition coefficient (Wildman–Crippen LogP) is 5.79. The van der Waals surface area contributed by atoms with Gasteiger partial charge in [0.1, 0.15) is 14.8 Å². The second kappa shape index (κ2) is 8.69. The topological polar surface area (TPSA) is 82.3 Å². The van der Waals surface area contributed by atoms with Crippen molar-refractivity contribution in [1.82, 2.24) is 4.98 Å². The number of unbranched alkanes of at least 4 members (excludes halogenated alkanes) is 1. The van der Waals surface area contributed by atoms with Crippen molar-refractivity contribution in [3.05, 3.63) is 60.7 Å². The van der Waals surface area contributed by atoms with Gasteiger partial charge in [0.05, 0.1) is 24.2 Å². The third kappa shape index (κ3) is 4.16. The molecule has 0 aliphatic rings. The minimum atomic E-state index is -3.46. The normalized spacial score (nSPS) is 11.7. The van der Waals surface area contributed by atoms with Gasteiger partial charge in [-0.15, -0.1) is 11.3 Å². The van der Waals surface area contributed by atoms with Crippen LogP contribution < -0.4 is 10.5 Å². The van der Waals surface area contributed by atoms with Crippen LogP contribution in [0.25, 0.3) is 32.6 Å². The average Bonchev–Trinajstić information content (AvgIpc) is 3.15. The lowest BCUT2D eigenvalue weighted by Crippen LogP contribution is -2.06. The number of rotatable bonds is 7. The second-order valence-electron chi connectivity index (χ2n) is 7.31. The molecule has 7 heteroatoms. The molecular formula is C24H24N2O3S2. The number of thiophene rings is 1. The fraction of sp³-hybridized carbons (Fsp3) is 0.208. The van der Waals surface area contributed by atoms with Crippen LogP contribution in [0.3, 0.4) is 0 Å². The van der Waals surface area contributed by atoms with Crippen molar-refractivity contribution >= 4 is 37.1 Å². The molecule has 4 rings (SSSR count). The minimum absolute atomic E-state index is 0.0898. The maximum Gasteiger partial charge on any atom is 0.189 e. The third-order valence-electron chi connectivity index (χ3n) is 5.18. The molecule has 2 aromatic heterocycles. The van der Waals surface area contributed by atoms with Crippen molar-refractivity contribution in [3.8, 4) is 28.1 Å². The molecule has 0 radical (unpaired) electrons. The first kappa shape index (κ1) is 21.3. The van der Waals surface area contributed by atoms with E-state index in [1.54, 1.807) is 7.11 Å². The molecule has 31 heavy (non-hydrogen) atoms. The quantitative estimate of drug-likeness (QED) is 0.383.